The predicted octanol–water partition coefficient (Wildman–Crippen LogP) is -5.92. The molecule has 3 fully saturated rings. The number of amides is 1. The highest BCUT2D eigenvalue weighted by Gasteiger charge is 2.55. The van der Waals surface area contributed by atoms with Crippen LogP contribution in [-0.4, -0.2) is 167 Å². The van der Waals surface area contributed by atoms with E-state index in [0.29, 0.717) is 0 Å². The number of aliphatic hydroxyl groups excluding tert-OH is 7. The van der Waals surface area contributed by atoms with Gasteiger partial charge in [-0.15, -0.1) is 0 Å². The summed E-state index contributed by atoms with van der Waals surface area (Å²) in [6.45, 7) is 0.757. The second-order valence-corrected chi connectivity index (χ2v) is 10.8. The van der Waals surface area contributed by atoms with Gasteiger partial charge >= 0.3 is 10.4 Å². The molecule has 3 rings (SSSR count). The molecule has 19 nitrogen and oxygen atoms in total. The highest BCUT2D eigenvalue weighted by molar-refractivity contribution is 7.80. The summed E-state index contributed by atoms with van der Waals surface area (Å²) in [6, 6.07) is -1.48. The molecule has 41 heavy (non-hydrogen) atoms. The standard InChI is InChI=1S/C21H37NO18S/c1-6-11(26)17(34-3)13(28)20(35-6)39-16-10(22-7(2)25)19(30)36-9(5-24)15(16)38-21-14(29)18(40-41(31,32)33)12(27)8(4-23)37-21/h6,8-21,23-24,26-30H,4-5H2,1-3H3,(H,22,25)(H,31,32,33)/t6-,8+,9+,10+,11+,12-,13-,14+,15+,16+,17+,18-,19+,20-,21-/m0/s1. The Balaban J connectivity index is 1.98. The molecule has 0 spiro atoms. The molecule has 240 valence electrons. The SMILES string of the molecule is CO[C@H]1[C@H](O)[C@H](O[C@@H]2[C@@H](NC(C)=O)[C@H](O)O[C@H](CO)[C@H]2O[C@@H]2O[C@H](CO)[C@H](O)[C@H](OS(=O)(=O)O)[C@H]2O)O[C@@H](C)[C@H]1O. The van der Waals surface area contributed by atoms with Gasteiger partial charge in [0.1, 0.15) is 67.1 Å². The zero-order valence-electron chi connectivity index (χ0n) is 22.1. The van der Waals surface area contributed by atoms with E-state index in [0.717, 1.165) is 6.92 Å². The molecule has 0 aromatic rings. The zero-order valence-corrected chi connectivity index (χ0v) is 23.0. The average molecular weight is 624 g/mol. The van der Waals surface area contributed by atoms with Crippen LogP contribution in [0.15, 0.2) is 0 Å². The summed E-state index contributed by atoms with van der Waals surface area (Å²) in [5, 5.41) is 74.7. The lowest BCUT2D eigenvalue weighted by molar-refractivity contribution is -0.370. The minimum Gasteiger partial charge on any atom is -0.394 e. The third-order valence-electron chi connectivity index (χ3n) is 6.91. The number of ether oxygens (including phenoxy) is 6. The molecule has 0 aromatic carbocycles. The summed E-state index contributed by atoms with van der Waals surface area (Å²) in [4.78, 5) is 12.0. The second-order valence-electron chi connectivity index (χ2n) is 9.76. The van der Waals surface area contributed by atoms with E-state index in [2.05, 4.69) is 9.50 Å². The van der Waals surface area contributed by atoms with Crippen LogP contribution < -0.4 is 5.32 Å². The van der Waals surface area contributed by atoms with Gasteiger partial charge in [0.25, 0.3) is 0 Å². The van der Waals surface area contributed by atoms with Crippen LogP contribution in [0.3, 0.4) is 0 Å². The minimum absolute atomic E-state index is 0.685. The van der Waals surface area contributed by atoms with Gasteiger partial charge in [0.15, 0.2) is 18.9 Å². The normalized spacial score (nSPS) is 45.8. The summed E-state index contributed by atoms with van der Waals surface area (Å²) < 4.78 is 69.3. The molecule has 3 aliphatic heterocycles. The third-order valence-corrected chi connectivity index (χ3v) is 7.37. The first-order valence-electron chi connectivity index (χ1n) is 12.5. The van der Waals surface area contributed by atoms with Crippen LogP contribution in [0.25, 0.3) is 0 Å². The smallest absolute Gasteiger partial charge is 0.394 e. The summed E-state index contributed by atoms with van der Waals surface area (Å²) >= 11 is 0. The number of hydrogen-bond donors (Lipinski definition) is 9. The number of nitrogens with one attached hydrogen (secondary N) is 1. The van der Waals surface area contributed by atoms with Crippen LogP contribution in [-0.2, 0) is 47.8 Å². The van der Waals surface area contributed by atoms with E-state index in [-0.39, 0.29) is 0 Å². The van der Waals surface area contributed by atoms with Gasteiger partial charge in [0.05, 0.1) is 19.3 Å². The molecule has 0 bridgehead atoms. The lowest BCUT2D eigenvalue weighted by Crippen LogP contribution is -2.69. The quantitative estimate of drug-likeness (QED) is 0.102. The predicted molar refractivity (Wildman–Crippen MR) is 127 cm³/mol. The first-order valence-corrected chi connectivity index (χ1v) is 13.8. The molecule has 1 amide bonds. The van der Waals surface area contributed by atoms with Crippen molar-refractivity contribution in [1.29, 1.82) is 0 Å². The molecule has 0 aromatic heterocycles. The highest BCUT2D eigenvalue weighted by atomic mass is 32.3. The van der Waals surface area contributed by atoms with Crippen molar-refractivity contribution in [2.45, 2.75) is 106 Å². The minimum atomic E-state index is -5.24. The van der Waals surface area contributed by atoms with Gasteiger partial charge < -0.3 is 69.5 Å². The Morgan fingerprint density at radius 1 is 0.805 bits per heavy atom. The van der Waals surface area contributed by atoms with Crippen molar-refractivity contribution in [2.24, 2.45) is 0 Å². The van der Waals surface area contributed by atoms with E-state index in [4.69, 9.17) is 33.0 Å². The van der Waals surface area contributed by atoms with Crippen molar-refractivity contribution in [1.82, 2.24) is 5.32 Å². The maximum absolute atomic E-state index is 12.0. The summed E-state index contributed by atoms with van der Waals surface area (Å²) in [5.74, 6) is -0.685. The van der Waals surface area contributed by atoms with Crippen molar-refractivity contribution in [3.05, 3.63) is 0 Å². The lowest BCUT2D eigenvalue weighted by Gasteiger charge is -2.49. The lowest BCUT2D eigenvalue weighted by atomic mass is 9.94. The van der Waals surface area contributed by atoms with E-state index in [1.165, 1.54) is 14.0 Å². The molecular weight excluding hydrogens is 586 g/mol. The number of rotatable bonds is 10. The molecule has 3 heterocycles. The van der Waals surface area contributed by atoms with Crippen molar-refractivity contribution < 1.29 is 86.1 Å². The molecule has 0 unspecified atom stereocenters. The Labute approximate surface area is 234 Å². The van der Waals surface area contributed by atoms with Crippen LogP contribution in [0.5, 0.6) is 0 Å². The van der Waals surface area contributed by atoms with Crippen molar-refractivity contribution in [2.75, 3.05) is 20.3 Å². The maximum atomic E-state index is 12.0. The van der Waals surface area contributed by atoms with Gasteiger partial charge in [0.2, 0.25) is 5.91 Å². The van der Waals surface area contributed by atoms with Crippen LogP contribution in [0, 0.1) is 0 Å². The molecule has 0 saturated carbocycles. The second kappa shape index (κ2) is 14.1. The number of hydrogen-bond acceptors (Lipinski definition) is 17. The fourth-order valence-corrected chi connectivity index (χ4v) is 5.41. The van der Waals surface area contributed by atoms with Gasteiger partial charge in [-0.05, 0) is 6.92 Å². The van der Waals surface area contributed by atoms with Crippen LogP contribution in [0.2, 0.25) is 0 Å². The molecule has 3 aliphatic rings. The Morgan fingerprint density at radius 2 is 1.37 bits per heavy atom. The fourth-order valence-electron chi connectivity index (χ4n) is 4.90. The van der Waals surface area contributed by atoms with Crippen LogP contribution in [0.4, 0.5) is 0 Å². The Hall–Kier alpha value is -1.18. The Kier molecular flexibility index (Phi) is 11.8. The maximum Gasteiger partial charge on any atom is 0.397 e. The van der Waals surface area contributed by atoms with E-state index < -0.39 is 122 Å². The third kappa shape index (κ3) is 7.86. The number of carbonyl (C=O) groups excluding carboxylic acids is 1. The zero-order chi connectivity index (χ0) is 30.8. The largest absolute Gasteiger partial charge is 0.397 e. The van der Waals surface area contributed by atoms with Crippen molar-refractivity contribution >= 4 is 16.3 Å². The van der Waals surface area contributed by atoms with Gasteiger partial charge in [-0.25, -0.2) is 4.18 Å². The van der Waals surface area contributed by atoms with Gasteiger partial charge in [-0.2, -0.15) is 8.42 Å². The Bertz CT molecular complexity index is 972. The molecule has 15 atom stereocenters. The summed E-state index contributed by atoms with van der Waals surface area (Å²) in [5.41, 5.74) is 0. The van der Waals surface area contributed by atoms with E-state index in [1.807, 2.05) is 0 Å². The van der Waals surface area contributed by atoms with Crippen LogP contribution >= 0.6 is 0 Å². The number of aliphatic hydroxyl groups is 7. The first-order chi connectivity index (χ1) is 19.1. The van der Waals surface area contributed by atoms with Gasteiger partial charge in [-0.3, -0.25) is 9.35 Å². The highest BCUT2D eigenvalue weighted by Crippen LogP contribution is 2.34. The van der Waals surface area contributed by atoms with E-state index in [9.17, 15) is 49.0 Å². The van der Waals surface area contributed by atoms with Gasteiger partial charge in [-0.1, -0.05) is 0 Å². The van der Waals surface area contributed by atoms with E-state index >= 15 is 0 Å². The summed E-state index contributed by atoms with van der Waals surface area (Å²) in [7, 11) is -4.02. The molecule has 3 saturated heterocycles. The van der Waals surface area contributed by atoms with Crippen molar-refractivity contribution in [3.8, 4) is 0 Å². The average Bonchev–Trinajstić information content (AvgIpc) is 2.89. The molecular formula is C21H37NO18S. The van der Waals surface area contributed by atoms with E-state index in [1.54, 1.807) is 0 Å². The fraction of sp³-hybridized carbons (Fsp3) is 0.952. The van der Waals surface area contributed by atoms with Gasteiger partial charge in [0, 0.05) is 14.0 Å². The molecule has 0 radical (unpaired) electrons. The summed E-state index contributed by atoms with van der Waals surface area (Å²) in [6.07, 6.45) is -23.0. The molecule has 0 aliphatic carbocycles. The molecule has 20 heteroatoms. The van der Waals surface area contributed by atoms with Crippen LogP contribution in [0.1, 0.15) is 13.8 Å². The Morgan fingerprint density at radius 3 is 1.90 bits per heavy atom. The van der Waals surface area contributed by atoms with Crippen molar-refractivity contribution in [3.63, 3.8) is 0 Å². The number of methoxy groups -OCH3 is 1. The molecule has 9 N–H and O–H groups in total. The topological polar surface area (TPSA) is 290 Å². The monoisotopic (exact) mass is 623 g/mol. The number of carbonyl (C=O) groups is 1. The first kappa shape index (κ1) is 34.3.